The molecule has 0 N–H and O–H groups in total. The maximum Gasteiger partial charge on any atom is 0.128 e. The molecule has 0 amide bonds. The Balaban J connectivity index is 1.58. The van der Waals surface area contributed by atoms with Crippen LogP contribution in [-0.4, -0.2) is 17.6 Å². The summed E-state index contributed by atoms with van der Waals surface area (Å²) >= 11 is 0. The lowest BCUT2D eigenvalue weighted by atomic mass is 9.94. The first kappa shape index (κ1) is 16.6. The molecule has 0 atom stereocenters. The van der Waals surface area contributed by atoms with Crippen LogP contribution in [0, 0.1) is 6.92 Å². The number of ether oxygens (including phenoxy) is 1. The topological polar surface area (TPSA) is 25.4 Å². The molecular weight excluding hydrogens is 332 g/mol. The zero-order chi connectivity index (χ0) is 18.2. The molecule has 27 heavy (non-hydrogen) atoms. The quantitative estimate of drug-likeness (QED) is 0.571. The number of anilines is 1. The van der Waals surface area contributed by atoms with Crippen molar-refractivity contribution in [2.24, 2.45) is 0 Å². The van der Waals surface area contributed by atoms with Gasteiger partial charge in [-0.05, 0) is 62.1 Å². The molecule has 2 heterocycles. The second kappa shape index (κ2) is 6.88. The highest BCUT2D eigenvalue weighted by atomic mass is 16.5. The second-order valence-corrected chi connectivity index (χ2v) is 7.85. The normalized spacial score (nSPS) is 17.3. The van der Waals surface area contributed by atoms with Crippen LogP contribution in [-0.2, 0) is 6.42 Å². The minimum Gasteiger partial charge on any atom is -0.457 e. The molecule has 0 radical (unpaired) electrons. The lowest BCUT2D eigenvalue weighted by Crippen LogP contribution is -2.35. The predicted molar refractivity (Wildman–Crippen MR) is 111 cm³/mol. The van der Waals surface area contributed by atoms with Crippen molar-refractivity contribution >= 4 is 16.6 Å². The number of pyridine rings is 1. The number of benzene rings is 2. The van der Waals surface area contributed by atoms with E-state index in [1.54, 1.807) is 0 Å². The molecule has 1 aliphatic heterocycles. The molecule has 5 rings (SSSR count). The predicted octanol–water partition coefficient (Wildman–Crippen LogP) is 6.03. The molecule has 1 fully saturated rings. The Hall–Kier alpha value is -2.55. The Morgan fingerprint density at radius 1 is 0.963 bits per heavy atom. The number of hydrogen-bond acceptors (Lipinski definition) is 3. The van der Waals surface area contributed by atoms with Gasteiger partial charge in [0.2, 0.25) is 0 Å². The van der Waals surface area contributed by atoms with Gasteiger partial charge in [-0.3, -0.25) is 4.98 Å². The molecule has 2 aromatic carbocycles. The van der Waals surface area contributed by atoms with E-state index in [9.17, 15) is 0 Å². The second-order valence-electron chi connectivity index (χ2n) is 7.85. The lowest BCUT2D eigenvalue weighted by Gasteiger charge is -2.34. The monoisotopic (exact) mass is 358 g/mol. The van der Waals surface area contributed by atoms with Gasteiger partial charge in [-0.2, -0.15) is 0 Å². The lowest BCUT2D eigenvalue weighted by molar-refractivity contribution is 0.420. The van der Waals surface area contributed by atoms with Gasteiger partial charge in [-0.25, -0.2) is 0 Å². The van der Waals surface area contributed by atoms with E-state index in [4.69, 9.17) is 9.72 Å². The van der Waals surface area contributed by atoms with Gasteiger partial charge in [0.25, 0.3) is 0 Å². The molecule has 3 nitrogen and oxygen atoms in total. The Labute approximate surface area is 161 Å². The number of rotatable bonds is 3. The fourth-order valence-electron chi connectivity index (χ4n) is 4.80. The third-order valence-corrected chi connectivity index (χ3v) is 6.12. The van der Waals surface area contributed by atoms with Crippen molar-refractivity contribution in [2.45, 2.75) is 51.5 Å². The fourth-order valence-corrected chi connectivity index (χ4v) is 4.80. The van der Waals surface area contributed by atoms with Crippen LogP contribution < -0.4 is 9.64 Å². The third-order valence-electron chi connectivity index (χ3n) is 6.12. The van der Waals surface area contributed by atoms with E-state index in [2.05, 4.69) is 24.0 Å². The molecule has 1 saturated carbocycles. The van der Waals surface area contributed by atoms with E-state index >= 15 is 0 Å². The molecular formula is C24H26N2O. The van der Waals surface area contributed by atoms with Crippen molar-refractivity contribution in [1.82, 2.24) is 4.98 Å². The van der Waals surface area contributed by atoms with Crippen LogP contribution in [0.3, 0.4) is 0 Å². The Morgan fingerprint density at radius 2 is 1.78 bits per heavy atom. The molecule has 2 aliphatic rings. The molecule has 0 spiro atoms. The SMILES string of the molecule is Cc1nc2ccc(Oc3ccccc3)cc2c2c1CCN2C1CCCCC1. The van der Waals surface area contributed by atoms with E-state index in [0.717, 1.165) is 30.0 Å². The van der Waals surface area contributed by atoms with E-state index in [0.29, 0.717) is 6.04 Å². The summed E-state index contributed by atoms with van der Waals surface area (Å²) in [7, 11) is 0. The molecule has 1 aliphatic carbocycles. The van der Waals surface area contributed by atoms with Crippen molar-refractivity contribution in [3.05, 3.63) is 59.8 Å². The van der Waals surface area contributed by atoms with Gasteiger partial charge in [0, 0.05) is 23.7 Å². The summed E-state index contributed by atoms with van der Waals surface area (Å²) in [6.45, 7) is 3.29. The maximum atomic E-state index is 6.11. The summed E-state index contributed by atoms with van der Waals surface area (Å²) in [4.78, 5) is 7.57. The zero-order valence-electron chi connectivity index (χ0n) is 15.9. The number of aromatic nitrogens is 1. The number of aryl methyl sites for hydroxylation is 1. The summed E-state index contributed by atoms with van der Waals surface area (Å²) in [5, 5.41) is 1.24. The van der Waals surface area contributed by atoms with Crippen molar-refractivity contribution in [2.75, 3.05) is 11.4 Å². The first-order chi connectivity index (χ1) is 13.3. The smallest absolute Gasteiger partial charge is 0.128 e. The highest BCUT2D eigenvalue weighted by molar-refractivity contribution is 5.96. The van der Waals surface area contributed by atoms with Gasteiger partial charge >= 0.3 is 0 Å². The van der Waals surface area contributed by atoms with Crippen LogP contribution in [0.1, 0.15) is 43.4 Å². The zero-order valence-corrected chi connectivity index (χ0v) is 15.9. The van der Waals surface area contributed by atoms with Gasteiger partial charge in [-0.15, -0.1) is 0 Å². The average molecular weight is 358 g/mol. The molecule has 0 bridgehead atoms. The number of nitrogens with zero attached hydrogens (tertiary/aromatic N) is 2. The Kier molecular flexibility index (Phi) is 4.23. The van der Waals surface area contributed by atoms with Gasteiger partial charge in [-0.1, -0.05) is 37.5 Å². The molecule has 138 valence electrons. The van der Waals surface area contributed by atoms with E-state index in [-0.39, 0.29) is 0 Å². The van der Waals surface area contributed by atoms with E-state index in [1.807, 2.05) is 36.4 Å². The summed E-state index contributed by atoms with van der Waals surface area (Å²) in [5.74, 6) is 1.76. The van der Waals surface area contributed by atoms with Crippen LogP contribution in [0.5, 0.6) is 11.5 Å². The van der Waals surface area contributed by atoms with Crippen LogP contribution in [0.4, 0.5) is 5.69 Å². The largest absolute Gasteiger partial charge is 0.457 e. The summed E-state index contributed by atoms with van der Waals surface area (Å²) in [6.07, 6.45) is 7.87. The highest BCUT2D eigenvalue weighted by Crippen LogP contribution is 2.41. The molecule has 0 unspecified atom stereocenters. The Bertz CT molecular complexity index is 961. The molecule has 1 aromatic heterocycles. The van der Waals surface area contributed by atoms with Crippen molar-refractivity contribution in [1.29, 1.82) is 0 Å². The van der Waals surface area contributed by atoms with E-state index in [1.165, 1.54) is 54.4 Å². The fraction of sp³-hybridized carbons (Fsp3) is 0.375. The van der Waals surface area contributed by atoms with Gasteiger partial charge in [0.1, 0.15) is 11.5 Å². The van der Waals surface area contributed by atoms with Crippen molar-refractivity contribution in [3.8, 4) is 11.5 Å². The molecule has 3 heteroatoms. The standard InChI is InChI=1S/C24H26N2O/c1-17-21-14-15-26(18-8-4-2-5-9-18)24(21)22-16-20(12-13-23(22)25-17)27-19-10-6-3-7-11-19/h3,6-7,10-13,16,18H,2,4-5,8-9,14-15H2,1H3. The van der Waals surface area contributed by atoms with Gasteiger partial charge < -0.3 is 9.64 Å². The Morgan fingerprint density at radius 3 is 2.59 bits per heavy atom. The summed E-state index contributed by atoms with van der Waals surface area (Å²) in [5.41, 5.74) is 5.12. The summed E-state index contributed by atoms with van der Waals surface area (Å²) < 4.78 is 6.11. The van der Waals surface area contributed by atoms with Crippen molar-refractivity contribution in [3.63, 3.8) is 0 Å². The van der Waals surface area contributed by atoms with E-state index < -0.39 is 0 Å². The van der Waals surface area contributed by atoms with Crippen LogP contribution in [0.25, 0.3) is 10.9 Å². The van der Waals surface area contributed by atoms with Gasteiger partial charge in [0.15, 0.2) is 0 Å². The third kappa shape index (κ3) is 3.05. The molecule has 3 aromatic rings. The minimum atomic E-state index is 0.684. The number of para-hydroxylation sites is 1. The first-order valence-electron chi connectivity index (χ1n) is 10.2. The number of hydrogen-bond donors (Lipinski definition) is 0. The van der Waals surface area contributed by atoms with Crippen LogP contribution in [0.15, 0.2) is 48.5 Å². The highest BCUT2D eigenvalue weighted by Gasteiger charge is 2.30. The average Bonchev–Trinajstić information content (AvgIpc) is 3.16. The molecule has 0 saturated heterocycles. The van der Waals surface area contributed by atoms with Crippen LogP contribution in [0.2, 0.25) is 0 Å². The number of fused-ring (bicyclic) bond motifs is 3. The first-order valence-corrected chi connectivity index (χ1v) is 10.2. The summed E-state index contributed by atoms with van der Waals surface area (Å²) in [6, 6.07) is 17.0. The minimum absolute atomic E-state index is 0.684. The maximum absolute atomic E-state index is 6.11. The van der Waals surface area contributed by atoms with Crippen LogP contribution >= 0.6 is 0 Å². The van der Waals surface area contributed by atoms with Gasteiger partial charge in [0.05, 0.1) is 11.2 Å². The van der Waals surface area contributed by atoms with Crippen molar-refractivity contribution < 1.29 is 4.74 Å².